The molecule has 1 saturated heterocycles. The number of pyridine rings is 2. The van der Waals surface area contributed by atoms with Crippen LogP contribution in [-0.2, 0) is 9.84 Å². The summed E-state index contributed by atoms with van der Waals surface area (Å²) in [5.41, 5.74) is 5.34. The van der Waals surface area contributed by atoms with Gasteiger partial charge in [-0.25, -0.2) is 18.4 Å². The molecule has 34 heavy (non-hydrogen) atoms. The third-order valence-electron chi connectivity index (χ3n) is 6.98. The van der Waals surface area contributed by atoms with E-state index in [1.54, 1.807) is 12.1 Å². The summed E-state index contributed by atoms with van der Waals surface area (Å²) < 4.78 is 33.0. The van der Waals surface area contributed by atoms with Crippen molar-refractivity contribution in [2.75, 3.05) is 18.1 Å². The first kappa shape index (κ1) is 24.4. The number of nitrogens with zero attached hydrogens (tertiary/aromatic N) is 3. The normalized spacial score (nSPS) is 20.6. The number of nitrogens with two attached hydrogens (primary N) is 1. The van der Waals surface area contributed by atoms with Crippen LogP contribution in [0.15, 0.2) is 40.4 Å². The number of carbonyl (C=O) groups excluding carboxylic acids is 1. The fourth-order valence-corrected chi connectivity index (χ4v) is 6.81. The Morgan fingerprint density at radius 1 is 1.24 bits per heavy atom. The highest BCUT2D eigenvalue weighted by atomic mass is 32.2. The molecule has 2 N–H and O–H groups in total. The standard InChI is InChI=1S/C25H34N4O4S/c1-17-15-25(2,3)29(16-17)24-22(23(26)30)19(11-13-27-24)34(31,32)21-10-6-9-20(28-21)33-14-12-18-7-4-5-8-18/h6,9-11,13,17-18H,4-5,7-8,12,14-16H2,1-3H3,(H2,26,30). The van der Waals surface area contributed by atoms with Crippen LogP contribution >= 0.6 is 0 Å². The molecule has 1 unspecified atom stereocenters. The molecule has 2 fully saturated rings. The molecule has 0 radical (unpaired) electrons. The molecule has 0 aromatic carbocycles. The number of aromatic nitrogens is 2. The predicted octanol–water partition coefficient (Wildman–Crippen LogP) is 3.99. The maximum Gasteiger partial charge on any atom is 0.253 e. The molecule has 1 amide bonds. The van der Waals surface area contributed by atoms with Gasteiger partial charge >= 0.3 is 0 Å². The van der Waals surface area contributed by atoms with Gasteiger partial charge in [0, 0.05) is 24.3 Å². The fourth-order valence-electron chi connectivity index (χ4n) is 5.42. The fraction of sp³-hybridized carbons (Fsp3) is 0.560. The average Bonchev–Trinajstić information content (AvgIpc) is 3.39. The molecule has 0 spiro atoms. The number of sulfone groups is 1. The van der Waals surface area contributed by atoms with Crippen LogP contribution in [0.3, 0.4) is 0 Å². The Kier molecular flexibility index (Phi) is 6.85. The van der Waals surface area contributed by atoms with Crippen LogP contribution in [0.5, 0.6) is 5.88 Å². The van der Waals surface area contributed by atoms with E-state index in [0.717, 1.165) is 12.8 Å². The lowest BCUT2D eigenvalue weighted by Crippen LogP contribution is -2.40. The Morgan fingerprint density at radius 2 is 1.97 bits per heavy atom. The molecule has 2 aromatic rings. The van der Waals surface area contributed by atoms with Crippen molar-refractivity contribution in [3.63, 3.8) is 0 Å². The van der Waals surface area contributed by atoms with Gasteiger partial charge in [0.1, 0.15) is 11.4 Å². The van der Waals surface area contributed by atoms with Crippen LogP contribution in [0.25, 0.3) is 0 Å². The van der Waals surface area contributed by atoms with Crippen LogP contribution in [0.1, 0.15) is 69.7 Å². The predicted molar refractivity (Wildman–Crippen MR) is 130 cm³/mol. The van der Waals surface area contributed by atoms with Gasteiger partial charge in [-0.05, 0) is 50.7 Å². The van der Waals surface area contributed by atoms with Crippen molar-refractivity contribution in [2.24, 2.45) is 17.6 Å². The number of hydrogen-bond donors (Lipinski definition) is 1. The number of ether oxygens (including phenoxy) is 1. The minimum absolute atomic E-state index is 0.0981. The Bertz CT molecular complexity index is 1160. The van der Waals surface area contributed by atoms with Crippen molar-refractivity contribution < 1.29 is 17.9 Å². The van der Waals surface area contributed by atoms with Crippen molar-refractivity contribution >= 4 is 21.6 Å². The molecule has 2 aromatic heterocycles. The molecule has 1 saturated carbocycles. The van der Waals surface area contributed by atoms with Gasteiger partial charge in [0.15, 0.2) is 5.03 Å². The topological polar surface area (TPSA) is 115 Å². The highest BCUT2D eigenvalue weighted by Gasteiger charge is 2.40. The maximum absolute atomic E-state index is 13.6. The van der Waals surface area contributed by atoms with E-state index in [1.165, 1.54) is 44.0 Å². The zero-order valence-corrected chi connectivity index (χ0v) is 21.0. The summed E-state index contributed by atoms with van der Waals surface area (Å²) in [5.74, 6) is 0.756. The Balaban J connectivity index is 1.65. The van der Waals surface area contributed by atoms with Crippen LogP contribution in [0, 0.1) is 11.8 Å². The molecular weight excluding hydrogens is 452 g/mol. The van der Waals surface area contributed by atoms with E-state index in [2.05, 4.69) is 30.7 Å². The van der Waals surface area contributed by atoms with E-state index in [4.69, 9.17) is 10.5 Å². The monoisotopic (exact) mass is 486 g/mol. The molecule has 8 nitrogen and oxygen atoms in total. The van der Waals surface area contributed by atoms with Crippen molar-refractivity contribution in [1.82, 2.24) is 9.97 Å². The number of anilines is 1. The molecule has 0 bridgehead atoms. The molecule has 4 rings (SSSR count). The van der Waals surface area contributed by atoms with E-state index < -0.39 is 15.7 Å². The summed E-state index contributed by atoms with van der Waals surface area (Å²) in [7, 11) is -4.14. The molecule has 2 aliphatic rings. The van der Waals surface area contributed by atoms with Crippen LogP contribution in [0.4, 0.5) is 5.82 Å². The molecular formula is C25H34N4O4S. The van der Waals surface area contributed by atoms with E-state index in [-0.39, 0.29) is 26.9 Å². The number of hydrogen-bond acceptors (Lipinski definition) is 7. The van der Waals surface area contributed by atoms with Gasteiger partial charge in [0.2, 0.25) is 15.7 Å². The SMILES string of the molecule is CC1CN(c2nccc(S(=O)(=O)c3cccc(OCCC4CCCC4)n3)c2C(N)=O)C(C)(C)C1. The lowest BCUT2D eigenvalue weighted by Gasteiger charge is -2.33. The van der Waals surface area contributed by atoms with Crippen molar-refractivity contribution in [1.29, 1.82) is 0 Å². The highest BCUT2D eigenvalue weighted by Crippen LogP contribution is 2.39. The van der Waals surface area contributed by atoms with E-state index in [9.17, 15) is 13.2 Å². The van der Waals surface area contributed by atoms with Gasteiger partial charge in [-0.2, -0.15) is 0 Å². The van der Waals surface area contributed by atoms with Gasteiger partial charge in [-0.3, -0.25) is 4.79 Å². The summed E-state index contributed by atoms with van der Waals surface area (Å²) in [6, 6.07) is 5.98. The van der Waals surface area contributed by atoms with Gasteiger partial charge in [0.25, 0.3) is 5.91 Å². The lowest BCUT2D eigenvalue weighted by molar-refractivity contribution is 0.0997. The van der Waals surface area contributed by atoms with E-state index >= 15 is 0 Å². The number of amides is 1. The molecule has 3 heterocycles. The lowest BCUT2D eigenvalue weighted by atomic mass is 9.97. The second kappa shape index (κ2) is 9.52. The number of rotatable bonds is 8. The van der Waals surface area contributed by atoms with E-state index in [0.29, 0.717) is 30.8 Å². The molecule has 1 atom stereocenters. The van der Waals surface area contributed by atoms with Gasteiger partial charge in [-0.15, -0.1) is 0 Å². The molecule has 184 valence electrons. The van der Waals surface area contributed by atoms with Crippen LogP contribution < -0.4 is 15.4 Å². The average molecular weight is 487 g/mol. The maximum atomic E-state index is 13.6. The van der Waals surface area contributed by atoms with Crippen molar-refractivity contribution in [2.45, 2.75) is 74.8 Å². The Labute approximate surface area is 201 Å². The first-order chi connectivity index (χ1) is 16.1. The van der Waals surface area contributed by atoms with Crippen LogP contribution in [0.2, 0.25) is 0 Å². The van der Waals surface area contributed by atoms with Crippen molar-refractivity contribution in [3.05, 3.63) is 36.0 Å². The Morgan fingerprint density at radius 3 is 2.62 bits per heavy atom. The molecule has 9 heteroatoms. The van der Waals surface area contributed by atoms with Crippen molar-refractivity contribution in [3.8, 4) is 5.88 Å². The first-order valence-electron chi connectivity index (χ1n) is 12.0. The molecule has 1 aliphatic carbocycles. The van der Waals surface area contributed by atoms with E-state index in [1.807, 2.05) is 4.90 Å². The minimum Gasteiger partial charge on any atom is -0.478 e. The third kappa shape index (κ3) is 4.89. The summed E-state index contributed by atoms with van der Waals surface area (Å²) in [6.07, 6.45) is 8.21. The second-order valence-corrected chi connectivity index (χ2v) is 12.1. The van der Waals surface area contributed by atoms with Gasteiger partial charge < -0.3 is 15.4 Å². The number of carbonyl (C=O) groups is 1. The molecule has 1 aliphatic heterocycles. The summed E-state index contributed by atoms with van der Waals surface area (Å²) in [4.78, 5) is 23.0. The zero-order valence-electron chi connectivity index (χ0n) is 20.2. The highest BCUT2D eigenvalue weighted by molar-refractivity contribution is 7.91. The van der Waals surface area contributed by atoms with Crippen LogP contribution in [-0.4, -0.2) is 43.0 Å². The summed E-state index contributed by atoms with van der Waals surface area (Å²) in [6.45, 7) is 7.38. The first-order valence-corrected chi connectivity index (χ1v) is 13.5. The smallest absolute Gasteiger partial charge is 0.253 e. The third-order valence-corrected chi connectivity index (χ3v) is 8.68. The summed E-state index contributed by atoms with van der Waals surface area (Å²) in [5, 5.41) is -0.181. The zero-order chi connectivity index (χ0) is 24.5. The second-order valence-electron chi connectivity index (χ2n) is 10.2. The minimum atomic E-state index is -4.14. The van der Waals surface area contributed by atoms with Gasteiger partial charge in [-0.1, -0.05) is 38.7 Å². The quantitative estimate of drug-likeness (QED) is 0.600. The number of primary amides is 1. The summed E-state index contributed by atoms with van der Waals surface area (Å²) >= 11 is 0. The Hall–Kier alpha value is -2.68. The van der Waals surface area contributed by atoms with Gasteiger partial charge in [0.05, 0.1) is 11.5 Å². The largest absolute Gasteiger partial charge is 0.478 e.